The normalized spacial score (nSPS) is 10.1. The average Bonchev–Trinajstić information content (AvgIpc) is 2.21. The molecule has 0 aliphatic rings. The van der Waals surface area contributed by atoms with E-state index in [-0.39, 0.29) is 5.97 Å². The van der Waals surface area contributed by atoms with Crippen LogP contribution in [0.2, 0.25) is 0 Å². The first-order valence-electron chi connectivity index (χ1n) is 5.24. The Morgan fingerprint density at radius 2 is 2.07 bits per heavy atom. The number of rotatable bonds is 3. The van der Waals surface area contributed by atoms with E-state index in [0.717, 1.165) is 23.4 Å². The molecule has 3 heteroatoms. The molecule has 0 saturated heterocycles. The second-order valence-electron chi connectivity index (χ2n) is 3.46. The predicted octanol–water partition coefficient (Wildman–Crippen LogP) is 2.44. The van der Waals surface area contributed by atoms with Gasteiger partial charge in [0.25, 0.3) is 0 Å². The average molecular weight is 207 g/mol. The number of aromatic nitrogens is 1. The molecule has 0 N–H and O–H groups in total. The standard InChI is InChI=1S/C12H17NO2/c1-5-11-10(12(14)15-6-2)7-8(3)9(4)13-11/h7H,5-6H2,1-4H3. The number of esters is 1. The third kappa shape index (κ3) is 2.55. The summed E-state index contributed by atoms with van der Waals surface area (Å²) < 4.78 is 4.99. The van der Waals surface area contributed by atoms with Crippen LogP contribution in [-0.4, -0.2) is 17.6 Å². The zero-order valence-electron chi connectivity index (χ0n) is 9.76. The van der Waals surface area contributed by atoms with Crippen molar-refractivity contribution in [2.45, 2.75) is 34.1 Å². The molecule has 0 fully saturated rings. The monoisotopic (exact) mass is 207 g/mol. The van der Waals surface area contributed by atoms with Crippen LogP contribution in [0.1, 0.15) is 41.2 Å². The molecule has 0 amide bonds. The van der Waals surface area contributed by atoms with Gasteiger partial charge in [-0.1, -0.05) is 6.92 Å². The minimum absolute atomic E-state index is 0.273. The van der Waals surface area contributed by atoms with Crippen LogP contribution < -0.4 is 0 Å². The van der Waals surface area contributed by atoms with Gasteiger partial charge >= 0.3 is 5.97 Å². The van der Waals surface area contributed by atoms with Crippen LogP contribution in [0.3, 0.4) is 0 Å². The highest BCUT2D eigenvalue weighted by Gasteiger charge is 2.14. The summed E-state index contributed by atoms with van der Waals surface area (Å²) in [5.74, 6) is -0.273. The number of aryl methyl sites for hydroxylation is 3. The van der Waals surface area contributed by atoms with Crippen molar-refractivity contribution in [2.24, 2.45) is 0 Å². The molecule has 0 radical (unpaired) electrons. The summed E-state index contributed by atoms with van der Waals surface area (Å²) in [5, 5.41) is 0. The summed E-state index contributed by atoms with van der Waals surface area (Å²) >= 11 is 0. The first-order chi connectivity index (χ1) is 7.10. The molecular weight excluding hydrogens is 190 g/mol. The molecule has 1 aromatic rings. The van der Waals surface area contributed by atoms with E-state index >= 15 is 0 Å². The number of carbonyl (C=O) groups excluding carboxylic acids is 1. The highest BCUT2D eigenvalue weighted by Crippen LogP contribution is 2.14. The number of ether oxygens (including phenoxy) is 1. The van der Waals surface area contributed by atoms with Gasteiger partial charge in [-0.05, 0) is 38.8 Å². The van der Waals surface area contributed by atoms with Gasteiger partial charge in [-0.2, -0.15) is 0 Å². The van der Waals surface area contributed by atoms with Crippen molar-refractivity contribution in [3.05, 3.63) is 28.6 Å². The van der Waals surface area contributed by atoms with Crippen LogP contribution in [0.5, 0.6) is 0 Å². The third-order valence-corrected chi connectivity index (χ3v) is 2.38. The molecule has 1 rings (SSSR count). The van der Waals surface area contributed by atoms with Gasteiger partial charge in [0.15, 0.2) is 0 Å². The molecule has 0 atom stereocenters. The van der Waals surface area contributed by atoms with Crippen molar-refractivity contribution in [2.75, 3.05) is 6.61 Å². The number of hydrogen-bond acceptors (Lipinski definition) is 3. The third-order valence-electron chi connectivity index (χ3n) is 2.38. The maximum absolute atomic E-state index is 11.6. The summed E-state index contributed by atoms with van der Waals surface area (Å²) in [6, 6.07) is 1.86. The van der Waals surface area contributed by atoms with Crippen molar-refractivity contribution >= 4 is 5.97 Å². The van der Waals surface area contributed by atoms with Gasteiger partial charge in [-0.25, -0.2) is 4.79 Å². The van der Waals surface area contributed by atoms with E-state index in [4.69, 9.17) is 4.74 Å². The largest absolute Gasteiger partial charge is 0.462 e. The molecule has 82 valence electrons. The van der Waals surface area contributed by atoms with Crippen LogP contribution in [0.4, 0.5) is 0 Å². The van der Waals surface area contributed by atoms with E-state index in [9.17, 15) is 4.79 Å². The summed E-state index contributed by atoms with van der Waals surface area (Å²) in [6.07, 6.45) is 0.745. The molecular formula is C12H17NO2. The fourth-order valence-electron chi connectivity index (χ4n) is 1.41. The quantitative estimate of drug-likeness (QED) is 0.714. The molecule has 0 aliphatic heterocycles. The molecule has 0 spiro atoms. The van der Waals surface area contributed by atoms with Gasteiger partial charge in [-0.15, -0.1) is 0 Å². The topological polar surface area (TPSA) is 39.2 Å². The van der Waals surface area contributed by atoms with Crippen molar-refractivity contribution in [1.82, 2.24) is 4.98 Å². The van der Waals surface area contributed by atoms with E-state index in [1.165, 1.54) is 0 Å². The fraction of sp³-hybridized carbons (Fsp3) is 0.500. The van der Waals surface area contributed by atoms with Crippen LogP contribution in [-0.2, 0) is 11.2 Å². The first-order valence-corrected chi connectivity index (χ1v) is 5.24. The van der Waals surface area contributed by atoms with Crippen LogP contribution in [0, 0.1) is 13.8 Å². The smallest absolute Gasteiger partial charge is 0.339 e. The summed E-state index contributed by atoms with van der Waals surface area (Å²) in [5.41, 5.74) is 3.41. The Balaban J connectivity index is 3.15. The Kier molecular flexibility index (Phi) is 3.83. The second-order valence-corrected chi connectivity index (χ2v) is 3.46. The second kappa shape index (κ2) is 4.91. The number of pyridine rings is 1. The zero-order chi connectivity index (χ0) is 11.4. The van der Waals surface area contributed by atoms with Crippen LogP contribution in [0.15, 0.2) is 6.07 Å². The molecule has 0 unspecified atom stereocenters. The first kappa shape index (κ1) is 11.7. The molecule has 1 heterocycles. The lowest BCUT2D eigenvalue weighted by atomic mass is 10.1. The van der Waals surface area contributed by atoms with Gasteiger partial charge in [0.05, 0.1) is 17.9 Å². The SMILES string of the molecule is CCOC(=O)c1cc(C)c(C)nc1CC. The van der Waals surface area contributed by atoms with Crippen molar-refractivity contribution < 1.29 is 9.53 Å². The van der Waals surface area contributed by atoms with Crippen molar-refractivity contribution in [3.8, 4) is 0 Å². The molecule has 0 saturated carbocycles. The van der Waals surface area contributed by atoms with Gasteiger partial charge < -0.3 is 4.74 Å². The van der Waals surface area contributed by atoms with Gasteiger partial charge in [-0.3, -0.25) is 4.98 Å². The van der Waals surface area contributed by atoms with Gasteiger partial charge in [0.1, 0.15) is 0 Å². The zero-order valence-corrected chi connectivity index (χ0v) is 9.76. The molecule has 1 aromatic heterocycles. The number of nitrogens with zero attached hydrogens (tertiary/aromatic N) is 1. The molecule has 3 nitrogen and oxygen atoms in total. The molecule has 0 aromatic carbocycles. The number of hydrogen-bond donors (Lipinski definition) is 0. The summed E-state index contributed by atoms with van der Waals surface area (Å²) in [7, 11) is 0. The minimum Gasteiger partial charge on any atom is -0.462 e. The fourth-order valence-corrected chi connectivity index (χ4v) is 1.41. The van der Waals surface area contributed by atoms with E-state index in [2.05, 4.69) is 4.98 Å². The maximum Gasteiger partial charge on any atom is 0.339 e. The highest BCUT2D eigenvalue weighted by atomic mass is 16.5. The Morgan fingerprint density at radius 3 is 2.60 bits per heavy atom. The summed E-state index contributed by atoms with van der Waals surface area (Å²) in [6.45, 7) is 8.08. The van der Waals surface area contributed by atoms with E-state index in [1.54, 1.807) is 6.92 Å². The predicted molar refractivity (Wildman–Crippen MR) is 59.0 cm³/mol. The van der Waals surface area contributed by atoms with Gasteiger partial charge in [0.2, 0.25) is 0 Å². The minimum atomic E-state index is -0.273. The lowest BCUT2D eigenvalue weighted by Gasteiger charge is -2.09. The Hall–Kier alpha value is -1.38. The van der Waals surface area contributed by atoms with E-state index in [1.807, 2.05) is 26.8 Å². The summed E-state index contributed by atoms with van der Waals surface area (Å²) in [4.78, 5) is 16.0. The van der Waals surface area contributed by atoms with E-state index in [0.29, 0.717) is 12.2 Å². The highest BCUT2D eigenvalue weighted by molar-refractivity contribution is 5.90. The molecule has 15 heavy (non-hydrogen) atoms. The Labute approximate surface area is 90.5 Å². The Morgan fingerprint density at radius 1 is 1.40 bits per heavy atom. The van der Waals surface area contributed by atoms with Crippen molar-refractivity contribution in [3.63, 3.8) is 0 Å². The Bertz CT molecular complexity index is 372. The lowest BCUT2D eigenvalue weighted by molar-refractivity contribution is 0.0524. The number of carbonyl (C=O) groups is 1. The lowest BCUT2D eigenvalue weighted by Crippen LogP contribution is -2.10. The van der Waals surface area contributed by atoms with Gasteiger partial charge in [0, 0.05) is 5.69 Å². The van der Waals surface area contributed by atoms with Crippen LogP contribution >= 0.6 is 0 Å². The van der Waals surface area contributed by atoms with E-state index < -0.39 is 0 Å². The maximum atomic E-state index is 11.6. The molecule has 0 bridgehead atoms. The van der Waals surface area contributed by atoms with Crippen LogP contribution in [0.25, 0.3) is 0 Å². The van der Waals surface area contributed by atoms with Crippen molar-refractivity contribution in [1.29, 1.82) is 0 Å². The molecule has 0 aliphatic carbocycles.